The highest BCUT2D eigenvalue weighted by Gasteiger charge is 2.34. The van der Waals surface area contributed by atoms with Crippen molar-refractivity contribution in [1.29, 1.82) is 0 Å². The second-order valence-electron chi connectivity index (χ2n) is 8.24. The molecule has 2 aliphatic heterocycles. The topological polar surface area (TPSA) is 73.0 Å². The van der Waals surface area contributed by atoms with Crippen molar-refractivity contribution in [1.82, 2.24) is 20.0 Å². The Balaban J connectivity index is 1.18. The van der Waals surface area contributed by atoms with Crippen molar-refractivity contribution in [2.75, 3.05) is 45.8 Å². The van der Waals surface area contributed by atoms with Gasteiger partial charge in [-0.25, -0.2) is 0 Å². The molecule has 2 aromatic rings. The number of halogens is 1. The van der Waals surface area contributed by atoms with Gasteiger partial charge in [-0.15, -0.1) is 0 Å². The third kappa shape index (κ3) is 6.48. The molecule has 0 radical (unpaired) electrons. The highest BCUT2D eigenvalue weighted by Crippen LogP contribution is 2.33. The molecule has 0 aromatic heterocycles. The van der Waals surface area contributed by atoms with E-state index in [1.165, 1.54) is 5.56 Å². The number of piperazine rings is 1. The molecule has 0 unspecified atom stereocenters. The number of hydrogen-bond donors (Lipinski definition) is 1. The number of benzene rings is 2. The first-order chi connectivity index (χ1) is 16.5. The maximum Gasteiger partial charge on any atom is 0.293 e. The van der Waals surface area contributed by atoms with Crippen LogP contribution in [-0.4, -0.2) is 77.6 Å². The molecule has 0 spiro atoms. The normalized spacial score (nSPS) is 18.6. The lowest BCUT2D eigenvalue weighted by Gasteiger charge is -2.34. The first kappa shape index (κ1) is 24.5. The standard InChI is InChI=1S/C25H27ClN4O3S/c26-21-9-5-4-8-20(21)16-22-24(32)30(25(33)34-22)11-10-27-23(31)18-29-14-12-28(13-15-29)17-19-6-2-1-3-7-19/h1-9,16H,10-15,17-18H2,(H,27,31). The maximum atomic E-state index is 12.6. The predicted octanol–water partition coefficient (Wildman–Crippen LogP) is 3.31. The first-order valence-electron chi connectivity index (χ1n) is 11.2. The van der Waals surface area contributed by atoms with Gasteiger partial charge in [0.1, 0.15) is 0 Å². The number of thioether (sulfide) groups is 1. The molecule has 1 N–H and O–H groups in total. The maximum absolute atomic E-state index is 12.6. The number of nitrogens with one attached hydrogen (secondary N) is 1. The minimum Gasteiger partial charge on any atom is -0.353 e. The molecule has 9 heteroatoms. The molecule has 2 saturated heterocycles. The largest absolute Gasteiger partial charge is 0.353 e. The summed E-state index contributed by atoms with van der Waals surface area (Å²) >= 11 is 7.04. The summed E-state index contributed by atoms with van der Waals surface area (Å²) in [6.07, 6.45) is 1.63. The average Bonchev–Trinajstić information content (AvgIpc) is 3.10. The number of nitrogens with zero attached hydrogens (tertiary/aromatic N) is 3. The second-order valence-corrected chi connectivity index (χ2v) is 9.64. The monoisotopic (exact) mass is 498 g/mol. The van der Waals surface area contributed by atoms with Gasteiger partial charge in [-0.3, -0.25) is 29.1 Å². The van der Waals surface area contributed by atoms with Crippen molar-refractivity contribution in [2.45, 2.75) is 6.54 Å². The lowest BCUT2D eigenvalue weighted by molar-refractivity contribution is -0.125. The van der Waals surface area contributed by atoms with Gasteiger partial charge in [-0.2, -0.15) is 0 Å². The van der Waals surface area contributed by atoms with Crippen molar-refractivity contribution in [3.8, 4) is 0 Å². The number of carbonyl (C=O) groups is 3. The summed E-state index contributed by atoms with van der Waals surface area (Å²) in [5.74, 6) is -0.464. The van der Waals surface area contributed by atoms with Crippen molar-refractivity contribution in [3.05, 3.63) is 75.7 Å². The van der Waals surface area contributed by atoms with Crippen LogP contribution in [0.25, 0.3) is 6.08 Å². The minimum atomic E-state index is -0.362. The van der Waals surface area contributed by atoms with E-state index in [4.69, 9.17) is 11.6 Å². The van der Waals surface area contributed by atoms with Crippen molar-refractivity contribution < 1.29 is 14.4 Å². The molecule has 4 rings (SSSR count). The van der Waals surface area contributed by atoms with Crippen LogP contribution in [0.1, 0.15) is 11.1 Å². The van der Waals surface area contributed by atoms with E-state index in [1.54, 1.807) is 24.3 Å². The fourth-order valence-electron chi connectivity index (χ4n) is 3.94. The zero-order valence-corrected chi connectivity index (χ0v) is 20.4. The Labute approximate surface area is 208 Å². The number of imide groups is 1. The van der Waals surface area contributed by atoms with Crippen LogP contribution in [0.4, 0.5) is 4.79 Å². The zero-order valence-electron chi connectivity index (χ0n) is 18.8. The zero-order chi connectivity index (χ0) is 23.9. The molecular formula is C25H27ClN4O3S. The van der Waals surface area contributed by atoms with Crippen LogP contribution in [0.15, 0.2) is 59.5 Å². The first-order valence-corrected chi connectivity index (χ1v) is 12.4. The number of rotatable bonds is 8. The van der Waals surface area contributed by atoms with E-state index < -0.39 is 0 Å². The fourth-order valence-corrected chi connectivity index (χ4v) is 4.99. The molecule has 7 nitrogen and oxygen atoms in total. The Morgan fingerprint density at radius 2 is 1.65 bits per heavy atom. The second kappa shape index (κ2) is 11.7. The van der Waals surface area contributed by atoms with Crippen LogP contribution < -0.4 is 5.32 Å². The molecule has 0 saturated carbocycles. The molecule has 0 aliphatic carbocycles. The molecule has 2 heterocycles. The van der Waals surface area contributed by atoms with E-state index in [-0.39, 0.29) is 30.1 Å². The minimum absolute atomic E-state index is 0.102. The summed E-state index contributed by atoms with van der Waals surface area (Å²) in [5, 5.41) is 3.01. The number of amides is 3. The molecule has 0 atom stereocenters. The SMILES string of the molecule is O=C(CN1CCN(Cc2ccccc2)CC1)NCCN1C(=O)SC(=Cc2ccccc2Cl)C1=O. The van der Waals surface area contributed by atoms with E-state index in [1.807, 2.05) is 24.3 Å². The summed E-state index contributed by atoms with van der Waals surface area (Å²) in [5.41, 5.74) is 1.98. The van der Waals surface area contributed by atoms with E-state index in [9.17, 15) is 14.4 Å². The van der Waals surface area contributed by atoms with E-state index >= 15 is 0 Å². The van der Waals surface area contributed by atoms with Gasteiger partial charge in [0.15, 0.2) is 0 Å². The number of carbonyl (C=O) groups excluding carboxylic acids is 3. The van der Waals surface area contributed by atoms with Crippen LogP contribution >= 0.6 is 23.4 Å². The molecule has 34 heavy (non-hydrogen) atoms. The summed E-state index contributed by atoms with van der Waals surface area (Å²) in [7, 11) is 0. The molecule has 2 aromatic carbocycles. The summed E-state index contributed by atoms with van der Waals surface area (Å²) in [6.45, 7) is 5.09. The Bertz CT molecular complexity index is 1070. The molecule has 0 bridgehead atoms. The molecule has 2 aliphatic rings. The van der Waals surface area contributed by atoms with Gasteiger partial charge in [0.25, 0.3) is 11.1 Å². The van der Waals surface area contributed by atoms with Crippen LogP contribution in [0.2, 0.25) is 5.02 Å². The van der Waals surface area contributed by atoms with Gasteiger partial charge in [-0.1, -0.05) is 60.1 Å². The summed E-state index contributed by atoms with van der Waals surface area (Å²) < 4.78 is 0. The van der Waals surface area contributed by atoms with E-state index in [0.717, 1.165) is 49.4 Å². The molecule has 3 amide bonds. The molecule has 178 valence electrons. The highest BCUT2D eigenvalue weighted by atomic mass is 35.5. The van der Waals surface area contributed by atoms with Crippen molar-refractivity contribution in [2.24, 2.45) is 0 Å². The molecular weight excluding hydrogens is 472 g/mol. The van der Waals surface area contributed by atoms with Crippen LogP contribution in [-0.2, 0) is 16.1 Å². The van der Waals surface area contributed by atoms with E-state index in [2.05, 4.69) is 27.2 Å². The van der Waals surface area contributed by atoms with Crippen molar-refractivity contribution in [3.63, 3.8) is 0 Å². The smallest absolute Gasteiger partial charge is 0.293 e. The highest BCUT2D eigenvalue weighted by molar-refractivity contribution is 8.18. The lowest BCUT2D eigenvalue weighted by atomic mass is 10.2. The van der Waals surface area contributed by atoms with Gasteiger partial charge in [0, 0.05) is 50.8 Å². The van der Waals surface area contributed by atoms with Gasteiger partial charge < -0.3 is 5.32 Å². The summed E-state index contributed by atoms with van der Waals surface area (Å²) in [6, 6.07) is 17.5. The fraction of sp³-hybridized carbons (Fsp3) is 0.320. The number of hydrogen-bond acceptors (Lipinski definition) is 6. The third-order valence-electron chi connectivity index (χ3n) is 5.80. The van der Waals surface area contributed by atoms with Gasteiger partial charge in [0.2, 0.25) is 5.91 Å². The van der Waals surface area contributed by atoms with Gasteiger partial charge in [0.05, 0.1) is 11.4 Å². The average molecular weight is 499 g/mol. The Kier molecular flexibility index (Phi) is 8.39. The molecule has 2 fully saturated rings. The van der Waals surface area contributed by atoms with E-state index in [0.29, 0.717) is 22.0 Å². The van der Waals surface area contributed by atoms with Crippen LogP contribution in [0.3, 0.4) is 0 Å². The van der Waals surface area contributed by atoms with Crippen LogP contribution in [0, 0.1) is 0 Å². The Morgan fingerprint density at radius 1 is 0.971 bits per heavy atom. The van der Waals surface area contributed by atoms with Gasteiger partial charge in [-0.05, 0) is 35.0 Å². The van der Waals surface area contributed by atoms with Crippen molar-refractivity contribution >= 4 is 46.5 Å². The Hall–Kier alpha value is -2.65. The third-order valence-corrected chi connectivity index (χ3v) is 7.06. The predicted molar refractivity (Wildman–Crippen MR) is 135 cm³/mol. The van der Waals surface area contributed by atoms with Crippen LogP contribution in [0.5, 0.6) is 0 Å². The van der Waals surface area contributed by atoms with Gasteiger partial charge >= 0.3 is 0 Å². The lowest BCUT2D eigenvalue weighted by Crippen LogP contribution is -2.49. The summed E-state index contributed by atoms with van der Waals surface area (Å²) in [4.78, 5) is 43.3. The Morgan fingerprint density at radius 3 is 2.38 bits per heavy atom. The quantitative estimate of drug-likeness (QED) is 0.563.